The molecule has 1 N–H and O–H groups in total. The molecule has 2 amide bonds. The molecule has 1 aliphatic rings. The number of anilines is 1. The number of benzene rings is 1. The molecule has 0 saturated carbocycles. The van der Waals surface area contributed by atoms with E-state index in [2.05, 4.69) is 16.3 Å². The minimum absolute atomic E-state index is 0.0906. The van der Waals surface area contributed by atoms with E-state index < -0.39 is 0 Å². The second-order valence-electron chi connectivity index (χ2n) is 6.00. The van der Waals surface area contributed by atoms with Crippen molar-refractivity contribution in [2.75, 3.05) is 38.0 Å². The predicted molar refractivity (Wildman–Crippen MR) is 92.5 cm³/mol. The number of amides is 2. The monoisotopic (exact) mass is 314 g/mol. The molecular formula is C18H26N4O. The Hall–Kier alpha value is -2.06. The number of nitriles is 1. The lowest BCUT2D eigenvalue weighted by Gasteiger charge is -2.23. The molecule has 0 atom stereocenters. The molecular weight excluding hydrogens is 288 g/mol. The van der Waals surface area contributed by atoms with Crippen LogP contribution in [0.2, 0.25) is 0 Å². The summed E-state index contributed by atoms with van der Waals surface area (Å²) < 4.78 is 0. The average Bonchev–Trinajstić information content (AvgIpc) is 3.07. The van der Waals surface area contributed by atoms with E-state index in [1.54, 1.807) is 12.1 Å². The number of carbonyl (C=O) groups excluding carboxylic acids is 1. The number of rotatable bonds is 6. The summed E-state index contributed by atoms with van der Waals surface area (Å²) in [5, 5.41) is 12.0. The third-order valence-corrected chi connectivity index (χ3v) is 4.47. The Kier molecular flexibility index (Phi) is 6.42. The van der Waals surface area contributed by atoms with Crippen LogP contribution >= 0.6 is 0 Å². The van der Waals surface area contributed by atoms with Crippen molar-refractivity contribution in [3.05, 3.63) is 29.3 Å². The highest BCUT2D eigenvalue weighted by molar-refractivity contribution is 5.90. The van der Waals surface area contributed by atoms with E-state index in [9.17, 15) is 4.79 Å². The van der Waals surface area contributed by atoms with Gasteiger partial charge in [-0.2, -0.15) is 5.26 Å². The molecule has 5 nitrogen and oxygen atoms in total. The third kappa shape index (κ3) is 4.70. The molecule has 1 fully saturated rings. The molecule has 1 heterocycles. The molecule has 1 aliphatic heterocycles. The van der Waals surface area contributed by atoms with Crippen LogP contribution in [0.25, 0.3) is 0 Å². The second-order valence-corrected chi connectivity index (χ2v) is 6.00. The number of hydrogen-bond acceptors (Lipinski definition) is 3. The van der Waals surface area contributed by atoms with Gasteiger partial charge in [0.1, 0.15) is 0 Å². The molecule has 1 aromatic rings. The summed E-state index contributed by atoms with van der Waals surface area (Å²) in [5.74, 6) is 0. The maximum Gasteiger partial charge on any atom is 0.321 e. The predicted octanol–water partition coefficient (Wildman–Crippen LogP) is 3.21. The second kappa shape index (κ2) is 8.54. The van der Waals surface area contributed by atoms with E-state index in [-0.39, 0.29) is 6.03 Å². The number of nitrogens with one attached hydrogen (secondary N) is 1. The smallest absolute Gasteiger partial charge is 0.321 e. The summed E-state index contributed by atoms with van der Waals surface area (Å²) in [6.07, 6.45) is 3.59. The molecule has 1 aromatic carbocycles. The first-order valence-electron chi connectivity index (χ1n) is 8.43. The van der Waals surface area contributed by atoms with Crippen molar-refractivity contribution >= 4 is 11.7 Å². The minimum Gasteiger partial charge on any atom is -0.325 e. The van der Waals surface area contributed by atoms with E-state index in [0.29, 0.717) is 17.8 Å². The Morgan fingerprint density at radius 2 is 2.13 bits per heavy atom. The minimum atomic E-state index is -0.0906. The van der Waals surface area contributed by atoms with Crippen LogP contribution in [0, 0.1) is 18.3 Å². The van der Waals surface area contributed by atoms with Crippen LogP contribution in [-0.2, 0) is 0 Å². The van der Waals surface area contributed by atoms with Crippen LogP contribution in [0.3, 0.4) is 0 Å². The van der Waals surface area contributed by atoms with E-state index >= 15 is 0 Å². The van der Waals surface area contributed by atoms with Gasteiger partial charge in [0, 0.05) is 18.8 Å². The van der Waals surface area contributed by atoms with Crippen molar-refractivity contribution in [3.8, 4) is 6.07 Å². The molecule has 0 aliphatic carbocycles. The maximum atomic E-state index is 12.4. The van der Waals surface area contributed by atoms with Gasteiger partial charge in [0.2, 0.25) is 0 Å². The van der Waals surface area contributed by atoms with E-state index in [1.165, 1.54) is 25.9 Å². The maximum absolute atomic E-state index is 12.4. The van der Waals surface area contributed by atoms with Gasteiger partial charge < -0.3 is 15.1 Å². The van der Waals surface area contributed by atoms with Gasteiger partial charge in [-0.15, -0.1) is 0 Å². The van der Waals surface area contributed by atoms with Crippen molar-refractivity contribution in [3.63, 3.8) is 0 Å². The summed E-state index contributed by atoms with van der Waals surface area (Å²) >= 11 is 0. The van der Waals surface area contributed by atoms with Gasteiger partial charge in [-0.25, -0.2) is 4.79 Å². The van der Waals surface area contributed by atoms with Crippen molar-refractivity contribution in [1.29, 1.82) is 5.26 Å². The quantitative estimate of drug-likeness (QED) is 0.877. The lowest BCUT2D eigenvalue weighted by Crippen LogP contribution is -2.37. The van der Waals surface area contributed by atoms with E-state index in [0.717, 1.165) is 25.1 Å². The summed E-state index contributed by atoms with van der Waals surface area (Å²) in [4.78, 5) is 16.7. The fraction of sp³-hybridized carbons (Fsp3) is 0.556. The van der Waals surface area contributed by atoms with Crippen LogP contribution in [-0.4, -0.2) is 48.6 Å². The van der Waals surface area contributed by atoms with E-state index in [4.69, 9.17) is 5.26 Å². The van der Waals surface area contributed by atoms with Gasteiger partial charge >= 0.3 is 6.03 Å². The Labute approximate surface area is 138 Å². The Morgan fingerprint density at radius 1 is 1.39 bits per heavy atom. The van der Waals surface area contributed by atoms with Gasteiger partial charge in [-0.3, -0.25) is 0 Å². The Balaban J connectivity index is 1.88. The first-order chi connectivity index (χ1) is 11.2. The molecule has 124 valence electrons. The van der Waals surface area contributed by atoms with E-state index in [1.807, 2.05) is 24.8 Å². The molecule has 0 unspecified atom stereocenters. The highest BCUT2D eigenvalue weighted by atomic mass is 16.2. The highest BCUT2D eigenvalue weighted by Gasteiger charge is 2.15. The van der Waals surface area contributed by atoms with Crippen molar-refractivity contribution in [2.45, 2.75) is 33.1 Å². The van der Waals surface area contributed by atoms with Crippen LogP contribution in [0.15, 0.2) is 18.2 Å². The summed E-state index contributed by atoms with van der Waals surface area (Å²) in [6, 6.07) is 7.45. The molecule has 0 spiro atoms. The summed E-state index contributed by atoms with van der Waals surface area (Å²) in [7, 11) is 0. The zero-order valence-corrected chi connectivity index (χ0v) is 14.1. The number of likely N-dealkylation sites (tertiary alicyclic amines) is 1. The average molecular weight is 314 g/mol. The fourth-order valence-electron chi connectivity index (χ4n) is 2.98. The molecule has 0 radical (unpaired) electrons. The molecule has 5 heteroatoms. The lowest BCUT2D eigenvalue weighted by molar-refractivity contribution is 0.210. The number of carbonyl (C=O) groups is 1. The Bertz CT molecular complexity index is 573. The first-order valence-corrected chi connectivity index (χ1v) is 8.43. The number of hydrogen-bond donors (Lipinski definition) is 1. The zero-order valence-electron chi connectivity index (χ0n) is 14.1. The van der Waals surface area contributed by atoms with Crippen LogP contribution in [0.5, 0.6) is 0 Å². The van der Waals surface area contributed by atoms with Gasteiger partial charge in [-0.05, 0) is 70.4 Å². The summed E-state index contributed by atoms with van der Waals surface area (Å²) in [5.41, 5.74) is 2.13. The fourth-order valence-corrected chi connectivity index (χ4v) is 2.98. The standard InChI is InChI=1S/C18H26N4O/c1-3-22(13-7-12-21-10-4-5-11-21)18(23)20-17-9-6-8-16(14-19)15(17)2/h6,8-9H,3-5,7,10-13H2,1-2H3,(H,20,23). The lowest BCUT2D eigenvalue weighted by atomic mass is 10.1. The van der Waals surface area contributed by atoms with Crippen LogP contribution in [0.1, 0.15) is 37.3 Å². The third-order valence-electron chi connectivity index (χ3n) is 4.47. The highest BCUT2D eigenvalue weighted by Crippen LogP contribution is 2.18. The van der Waals surface area contributed by atoms with Crippen molar-refractivity contribution < 1.29 is 4.79 Å². The number of urea groups is 1. The van der Waals surface area contributed by atoms with Gasteiger partial charge in [0.15, 0.2) is 0 Å². The normalized spacial score (nSPS) is 14.5. The zero-order chi connectivity index (χ0) is 16.7. The molecule has 0 bridgehead atoms. The van der Waals surface area contributed by atoms with Crippen molar-refractivity contribution in [1.82, 2.24) is 9.80 Å². The molecule has 2 rings (SSSR count). The van der Waals surface area contributed by atoms with Crippen LogP contribution < -0.4 is 5.32 Å². The largest absolute Gasteiger partial charge is 0.325 e. The Morgan fingerprint density at radius 3 is 2.78 bits per heavy atom. The molecule has 23 heavy (non-hydrogen) atoms. The topological polar surface area (TPSA) is 59.4 Å². The SMILES string of the molecule is CCN(CCCN1CCCC1)C(=O)Nc1cccc(C#N)c1C. The number of nitrogens with zero attached hydrogens (tertiary/aromatic N) is 3. The first kappa shape index (κ1) is 17.3. The van der Waals surface area contributed by atoms with Crippen molar-refractivity contribution in [2.24, 2.45) is 0 Å². The molecule has 0 aromatic heterocycles. The van der Waals surface area contributed by atoms with Gasteiger partial charge in [-0.1, -0.05) is 6.07 Å². The van der Waals surface area contributed by atoms with Gasteiger partial charge in [0.25, 0.3) is 0 Å². The summed E-state index contributed by atoms with van der Waals surface area (Å²) in [6.45, 7) is 8.74. The van der Waals surface area contributed by atoms with Crippen LogP contribution in [0.4, 0.5) is 10.5 Å². The van der Waals surface area contributed by atoms with Gasteiger partial charge in [0.05, 0.1) is 11.6 Å². The molecule has 1 saturated heterocycles.